The quantitative estimate of drug-likeness (QED) is 0.454. The van der Waals surface area contributed by atoms with Gasteiger partial charge in [-0.25, -0.2) is 0 Å². The maximum Gasteiger partial charge on any atom is 0.504 e. The van der Waals surface area contributed by atoms with Crippen molar-refractivity contribution in [1.29, 1.82) is 0 Å². The average molecular weight is 276 g/mol. The van der Waals surface area contributed by atoms with E-state index < -0.39 is 8.80 Å². The van der Waals surface area contributed by atoms with E-state index in [4.69, 9.17) is 18.0 Å². The minimum Gasteiger partial charge on any atom is -0.379 e. The summed E-state index contributed by atoms with van der Waals surface area (Å²) in [4.78, 5) is 0. The van der Waals surface area contributed by atoms with E-state index in [1.165, 1.54) is 25.7 Å². The molecule has 4 nitrogen and oxygen atoms in total. The summed E-state index contributed by atoms with van der Waals surface area (Å²) in [7, 11) is -2.49. The van der Waals surface area contributed by atoms with E-state index in [-0.39, 0.29) is 0 Å². The van der Waals surface area contributed by atoms with Gasteiger partial charge in [0.15, 0.2) is 0 Å². The highest BCUT2D eigenvalue weighted by Gasteiger charge is 2.50. The molecular weight excluding hydrogens is 248 g/mol. The lowest BCUT2D eigenvalue weighted by molar-refractivity contribution is 0.0298. The first-order valence-corrected chi connectivity index (χ1v) is 9.08. The van der Waals surface area contributed by atoms with Gasteiger partial charge in [0.05, 0.1) is 13.2 Å². The summed E-state index contributed by atoms with van der Waals surface area (Å²) in [5.41, 5.74) is 0.485. The summed E-state index contributed by atoms with van der Waals surface area (Å²) in [6.07, 6.45) is 4.91. The zero-order valence-corrected chi connectivity index (χ0v) is 13.1. The van der Waals surface area contributed by atoms with Crippen LogP contribution in [-0.2, 0) is 18.0 Å². The van der Waals surface area contributed by atoms with Gasteiger partial charge in [0, 0.05) is 25.4 Å². The third-order valence-corrected chi connectivity index (χ3v) is 6.85. The SMILES string of the molecule is CCOCCO[Si](OCC)(OCC)C1CCCC1. The van der Waals surface area contributed by atoms with Crippen LogP contribution in [-0.4, -0.2) is 41.8 Å². The molecule has 0 bridgehead atoms. The molecule has 5 heteroatoms. The van der Waals surface area contributed by atoms with Gasteiger partial charge >= 0.3 is 8.80 Å². The highest BCUT2D eigenvalue weighted by Crippen LogP contribution is 2.40. The number of hydrogen-bond acceptors (Lipinski definition) is 4. The molecule has 0 heterocycles. The molecule has 0 aromatic heterocycles. The smallest absolute Gasteiger partial charge is 0.379 e. The van der Waals surface area contributed by atoms with Crippen LogP contribution in [0.2, 0.25) is 5.54 Å². The molecular formula is C13H28O4Si. The van der Waals surface area contributed by atoms with E-state index in [0.29, 0.717) is 32.0 Å². The summed E-state index contributed by atoms with van der Waals surface area (Å²) in [5, 5.41) is 0. The van der Waals surface area contributed by atoms with Gasteiger partial charge < -0.3 is 18.0 Å². The first-order chi connectivity index (χ1) is 8.79. The van der Waals surface area contributed by atoms with Crippen LogP contribution in [0, 0.1) is 0 Å². The monoisotopic (exact) mass is 276 g/mol. The molecule has 0 aliphatic heterocycles. The fourth-order valence-electron chi connectivity index (χ4n) is 2.55. The van der Waals surface area contributed by atoms with E-state index in [2.05, 4.69) is 0 Å². The third kappa shape index (κ3) is 4.62. The molecule has 0 radical (unpaired) electrons. The van der Waals surface area contributed by atoms with Crippen molar-refractivity contribution < 1.29 is 18.0 Å². The van der Waals surface area contributed by atoms with Crippen molar-refractivity contribution in [3.05, 3.63) is 0 Å². The Hall–Kier alpha value is 0.0569. The van der Waals surface area contributed by atoms with Crippen LogP contribution < -0.4 is 0 Å². The molecule has 1 fully saturated rings. The van der Waals surface area contributed by atoms with Gasteiger partial charge in [-0.15, -0.1) is 0 Å². The van der Waals surface area contributed by atoms with E-state index in [1.807, 2.05) is 20.8 Å². The Morgan fingerprint density at radius 1 is 0.833 bits per heavy atom. The van der Waals surface area contributed by atoms with Gasteiger partial charge in [-0.3, -0.25) is 0 Å². The van der Waals surface area contributed by atoms with Crippen molar-refractivity contribution >= 4 is 8.80 Å². The van der Waals surface area contributed by atoms with Gasteiger partial charge in [0.2, 0.25) is 0 Å². The lowest BCUT2D eigenvalue weighted by atomic mass is 10.4. The van der Waals surface area contributed by atoms with Crippen LogP contribution in [0.15, 0.2) is 0 Å². The highest BCUT2D eigenvalue weighted by molar-refractivity contribution is 6.62. The number of ether oxygens (including phenoxy) is 1. The Morgan fingerprint density at radius 3 is 1.94 bits per heavy atom. The zero-order chi connectivity index (χ0) is 13.3. The Balaban J connectivity index is 2.56. The van der Waals surface area contributed by atoms with Crippen molar-refractivity contribution in [3.8, 4) is 0 Å². The van der Waals surface area contributed by atoms with Gasteiger partial charge in [0.25, 0.3) is 0 Å². The van der Waals surface area contributed by atoms with Gasteiger partial charge in [-0.05, 0) is 33.6 Å². The summed E-state index contributed by atoms with van der Waals surface area (Å²) in [5.74, 6) is 0. The van der Waals surface area contributed by atoms with Crippen molar-refractivity contribution in [1.82, 2.24) is 0 Å². The highest BCUT2D eigenvalue weighted by atomic mass is 28.4. The molecule has 1 aliphatic rings. The predicted octanol–water partition coefficient (Wildman–Crippen LogP) is 3.00. The molecule has 0 amide bonds. The summed E-state index contributed by atoms with van der Waals surface area (Å²) in [6, 6.07) is 0. The van der Waals surface area contributed by atoms with Crippen LogP contribution >= 0.6 is 0 Å². The average Bonchev–Trinajstić information content (AvgIpc) is 2.89. The second-order valence-corrected chi connectivity index (χ2v) is 7.39. The van der Waals surface area contributed by atoms with Crippen molar-refractivity contribution in [2.45, 2.75) is 52.0 Å². The lowest BCUT2D eigenvalue weighted by Gasteiger charge is -2.33. The topological polar surface area (TPSA) is 36.9 Å². The van der Waals surface area contributed by atoms with E-state index in [0.717, 1.165) is 6.61 Å². The third-order valence-electron chi connectivity index (χ3n) is 3.28. The van der Waals surface area contributed by atoms with Crippen LogP contribution in [0.3, 0.4) is 0 Å². The molecule has 108 valence electrons. The van der Waals surface area contributed by atoms with Crippen LogP contribution in [0.4, 0.5) is 0 Å². The van der Waals surface area contributed by atoms with Gasteiger partial charge in [-0.2, -0.15) is 0 Å². The Bertz CT molecular complexity index is 201. The predicted molar refractivity (Wildman–Crippen MR) is 73.7 cm³/mol. The summed E-state index contributed by atoms with van der Waals surface area (Å²) >= 11 is 0. The number of hydrogen-bond donors (Lipinski definition) is 0. The molecule has 0 aromatic rings. The molecule has 1 rings (SSSR count). The Morgan fingerprint density at radius 2 is 1.44 bits per heavy atom. The Labute approximate surface area is 112 Å². The van der Waals surface area contributed by atoms with Crippen LogP contribution in [0.5, 0.6) is 0 Å². The number of rotatable bonds is 10. The summed E-state index contributed by atoms with van der Waals surface area (Å²) < 4.78 is 23.3. The molecule has 1 saturated carbocycles. The normalized spacial score (nSPS) is 17.5. The molecule has 18 heavy (non-hydrogen) atoms. The van der Waals surface area contributed by atoms with E-state index in [9.17, 15) is 0 Å². The second kappa shape index (κ2) is 9.04. The lowest BCUT2D eigenvalue weighted by Crippen LogP contribution is -2.50. The minimum atomic E-state index is -2.49. The molecule has 0 saturated heterocycles. The molecule has 0 aromatic carbocycles. The largest absolute Gasteiger partial charge is 0.504 e. The minimum absolute atomic E-state index is 0.485. The Kier molecular flexibility index (Phi) is 8.09. The molecule has 0 unspecified atom stereocenters. The van der Waals surface area contributed by atoms with E-state index >= 15 is 0 Å². The first-order valence-electron chi connectivity index (χ1n) is 7.28. The van der Waals surface area contributed by atoms with Crippen molar-refractivity contribution in [3.63, 3.8) is 0 Å². The fraction of sp³-hybridized carbons (Fsp3) is 1.00. The molecule has 0 spiro atoms. The van der Waals surface area contributed by atoms with Crippen molar-refractivity contribution in [2.24, 2.45) is 0 Å². The first kappa shape index (κ1) is 16.1. The van der Waals surface area contributed by atoms with Gasteiger partial charge in [-0.1, -0.05) is 12.8 Å². The van der Waals surface area contributed by atoms with Crippen molar-refractivity contribution in [2.75, 3.05) is 33.0 Å². The second-order valence-electron chi connectivity index (χ2n) is 4.50. The maximum absolute atomic E-state index is 6.07. The molecule has 0 N–H and O–H groups in total. The van der Waals surface area contributed by atoms with E-state index in [1.54, 1.807) is 0 Å². The van der Waals surface area contributed by atoms with Crippen LogP contribution in [0.25, 0.3) is 0 Å². The molecule has 0 atom stereocenters. The van der Waals surface area contributed by atoms with Crippen LogP contribution in [0.1, 0.15) is 46.5 Å². The van der Waals surface area contributed by atoms with Gasteiger partial charge in [0.1, 0.15) is 0 Å². The zero-order valence-electron chi connectivity index (χ0n) is 12.1. The fourth-order valence-corrected chi connectivity index (χ4v) is 5.79. The standard InChI is InChI=1S/C13H28O4Si/c1-4-14-11-12-17-18(15-5-2,16-6-3)13-9-7-8-10-13/h13H,4-12H2,1-3H3. The maximum atomic E-state index is 6.07. The molecule has 1 aliphatic carbocycles. The summed E-state index contributed by atoms with van der Waals surface area (Å²) in [6.45, 7) is 9.28.